The van der Waals surface area contributed by atoms with Gasteiger partial charge in [-0.05, 0) is 18.8 Å². The maximum absolute atomic E-state index is 11.7. The average molecular weight is 275 g/mol. The zero-order chi connectivity index (χ0) is 13.9. The van der Waals surface area contributed by atoms with Crippen molar-refractivity contribution in [3.63, 3.8) is 0 Å². The van der Waals surface area contributed by atoms with Gasteiger partial charge >= 0.3 is 0 Å². The van der Waals surface area contributed by atoms with Gasteiger partial charge in [0.25, 0.3) is 5.91 Å². The van der Waals surface area contributed by atoms with Gasteiger partial charge < -0.3 is 14.8 Å². The van der Waals surface area contributed by atoms with Crippen LogP contribution in [0.4, 0.5) is 0 Å². The number of rotatable bonds is 3. The van der Waals surface area contributed by atoms with Crippen molar-refractivity contribution in [1.82, 2.24) is 15.1 Å². The number of aryl methyl sites for hydroxylation is 1. The predicted octanol–water partition coefficient (Wildman–Crippen LogP) is 0.0959. The van der Waals surface area contributed by atoms with E-state index in [0.717, 1.165) is 12.8 Å². The van der Waals surface area contributed by atoms with Crippen LogP contribution in [0.2, 0.25) is 0 Å². The quantitative estimate of drug-likeness (QED) is 0.794. The third kappa shape index (κ3) is 3.31. The van der Waals surface area contributed by atoms with E-state index >= 15 is 0 Å². The van der Waals surface area contributed by atoms with Gasteiger partial charge in [-0.15, -0.1) is 0 Å². The van der Waals surface area contributed by atoms with Crippen molar-refractivity contribution in [2.75, 3.05) is 13.2 Å². The molecule has 0 spiro atoms. The van der Waals surface area contributed by atoms with Gasteiger partial charge in [0.1, 0.15) is 6.10 Å². The molecule has 6 heteroatoms. The summed E-state index contributed by atoms with van der Waals surface area (Å²) in [4.78, 5) is 11.7. The molecular formula is C14H17N3O3. The van der Waals surface area contributed by atoms with Crippen LogP contribution >= 0.6 is 0 Å². The van der Waals surface area contributed by atoms with Crippen LogP contribution in [0, 0.1) is 17.8 Å². The zero-order valence-electron chi connectivity index (χ0n) is 11.3. The van der Waals surface area contributed by atoms with Gasteiger partial charge in [-0.1, -0.05) is 5.92 Å². The Kier molecular flexibility index (Phi) is 3.61. The number of nitrogens with zero attached hydrogens (tertiary/aromatic N) is 2. The molecule has 2 aliphatic rings. The fraction of sp³-hybridized carbons (Fsp3) is 0.571. The Morgan fingerprint density at radius 2 is 2.40 bits per heavy atom. The Bertz CT molecular complexity index is 554. The van der Waals surface area contributed by atoms with Crippen LogP contribution in [0.1, 0.15) is 12.8 Å². The molecule has 1 aliphatic heterocycles. The number of hydrogen-bond acceptors (Lipinski definition) is 4. The van der Waals surface area contributed by atoms with E-state index in [9.17, 15) is 4.79 Å². The SMILES string of the molecule is Cn1cc(O[C@@H]2COC[C@@H]2NC(=O)C#CC2CC2)cn1. The molecule has 2 atom stereocenters. The summed E-state index contributed by atoms with van der Waals surface area (Å²) in [5, 5.41) is 6.89. The van der Waals surface area contributed by atoms with Crippen molar-refractivity contribution < 1.29 is 14.3 Å². The summed E-state index contributed by atoms with van der Waals surface area (Å²) in [6, 6.07) is -0.170. The van der Waals surface area contributed by atoms with Crippen molar-refractivity contribution in [2.24, 2.45) is 13.0 Å². The summed E-state index contributed by atoms with van der Waals surface area (Å²) in [6.45, 7) is 0.900. The number of nitrogens with one attached hydrogen (secondary N) is 1. The van der Waals surface area contributed by atoms with Gasteiger partial charge in [0.15, 0.2) is 5.75 Å². The molecule has 0 bridgehead atoms. The molecule has 1 amide bonds. The molecule has 0 aromatic carbocycles. The molecule has 2 heterocycles. The first-order valence-electron chi connectivity index (χ1n) is 6.76. The second-order valence-corrected chi connectivity index (χ2v) is 5.17. The van der Waals surface area contributed by atoms with Gasteiger partial charge in [-0.2, -0.15) is 5.10 Å². The standard InChI is InChI=1S/C14H17N3O3/c1-17-7-11(6-15-17)20-13-9-19-8-12(13)16-14(18)5-4-10-2-3-10/h6-7,10,12-13H,2-3,8-9H2,1H3,(H,16,18)/t12-,13+/m0/s1. The third-order valence-corrected chi connectivity index (χ3v) is 3.28. The smallest absolute Gasteiger partial charge is 0.296 e. The van der Waals surface area contributed by atoms with Crippen molar-refractivity contribution >= 4 is 5.91 Å². The topological polar surface area (TPSA) is 65.4 Å². The second-order valence-electron chi connectivity index (χ2n) is 5.17. The summed E-state index contributed by atoms with van der Waals surface area (Å²) in [5.41, 5.74) is 0. The molecule has 20 heavy (non-hydrogen) atoms. The summed E-state index contributed by atoms with van der Waals surface area (Å²) in [5.74, 6) is 6.41. The summed E-state index contributed by atoms with van der Waals surface area (Å²) >= 11 is 0. The maximum atomic E-state index is 11.7. The van der Waals surface area contributed by atoms with E-state index in [1.165, 1.54) is 0 Å². The predicted molar refractivity (Wildman–Crippen MR) is 70.9 cm³/mol. The maximum Gasteiger partial charge on any atom is 0.296 e. The molecule has 1 aliphatic carbocycles. The van der Waals surface area contributed by atoms with Gasteiger partial charge in [0.2, 0.25) is 0 Å². The van der Waals surface area contributed by atoms with Crippen LogP contribution in [0.25, 0.3) is 0 Å². The Morgan fingerprint density at radius 3 is 3.10 bits per heavy atom. The van der Waals surface area contributed by atoms with E-state index in [4.69, 9.17) is 9.47 Å². The molecule has 1 saturated carbocycles. The molecular weight excluding hydrogens is 258 g/mol. The van der Waals surface area contributed by atoms with Crippen molar-refractivity contribution in [1.29, 1.82) is 0 Å². The summed E-state index contributed by atoms with van der Waals surface area (Å²) in [6.07, 6.45) is 5.44. The Balaban J connectivity index is 1.55. The highest BCUT2D eigenvalue weighted by Crippen LogP contribution is 2.27. The Morgan fingerprint density at radius 1 is 1.55 bits per heavy atom. The first-order chi connectivity index (χ1) is 9.70. The van der Waals surface area contributed by atoms with E-state index in [0.29, 0.717) is 24.9 Å². The molecule has 106 valence electrons. The average Bonchev–Trinajstić information content (AvgIpc) is 3.03. The van der Waals surface area contributed by atoms with Gasteiger partial charge in [0, 0.05) is 13.0 Å². The molecule has 1 N–H and O–H groups in total. The van der Waals surface area contributed by atoms with Crippen LogP contribution in [-0.4, -0.2) is 41.0 Å². The molecule has 1 saturated heterocycles. The van der Waals surface area contributed by atoms with Crippen molar-refractivity contribution in [2.45, 2.75) is 25.0 Å². The second kappa shape index (κ2) is 5.55. The zero-order valence-corrected chi connectivity index (χ0v) is 11.3. The van der Waals surface area contributed by atoms with E-state index in [-0.39, 0.29) is 18.1 Å². The summed E-state index contributed by atoms with van der Waals surface area (Å²) < 4.78 is 12.8. The highest BCUT2D eigenvalue weighted by atomic mass is 16.5. The van der Waals surface area contributed by atoms with Gasteiger partial charge in [-0.3, -0.25) is 9.48 Å². The fourth-order valence-electron chi connectivity index (χ4n) is 2.02. The lowest BCUT2D eigenvalue weighted by Crippen LogP contribution is -2.44. The van der Waals surface area contributed by atoms with Gasteiger partial charge in [-0.25, -0.2) is 0 Å². The number of amides is 1. The number of carbonyl (C=O) groups is 1. The molecule has 6 nitrogen and oxygen atoms in total. The molecule has 1 aromatic heterocycles. The monoisotopic (exact) mass is 275 g/mol. The van der Waals surface area contributed by atoms with E-state index < -0.39 is 0 Å². The lowest BCUT2D eigenvalue weighted by Gasteiger charge is -2.18. The van der Waals surface area contributed by atoms with E-state index in [1.54, 1.807) is 17.1 Å². The van der Waals surface area contributed by atoms with Crippen LogP contribution < -0.4 is 10.1 Å². The van der Waals surface area contributed by atoms with Crippen LogP contribution in [0.3, 0.4) is 0 Å². The lowest BCUT2D eigenvalue weighted by atomic mass is 10.2. The highest BCUT2D eigenvalue weighted by molar-refractivity contribution is 5.93. The highest BCUT2D eigenvalue weighted by Gasteiger charge is 2.31. The minimum atomic E-state index is -0.257. The van der Waals surface area contributed by atoms with Gasteiger partial charge in [0.05, 0.1) is 31.6 Å². The summed E-state index contributed by atoms with van der Waals surface area (Å²) in [7, 11) is 1.82. The number of hydrogen-bond donors (Lipinski definition) is 1. The molecule has 2 fully saturated rings. The van der Waals surface area contributed by atoms with E-state index in [1.807, 2.05) is 7.05 Å². The number of carbonyl (C=O) groups excluding carboxylic acids is 1. The Labute approximate surface area is 117 Å². The van der Waals surface area contributed by atoms with Crippen LogP contribution in [0.5, 0.6) is 5.75 Å². The third-order valence-electron chi connectivity index (χ3n) is 3.28. The first-order valence-corrected chi connectivity index (χ1v) is 6.76. The van der Waals surface area contributed by atoms with E-state index in [2.05, 4.69) is 22.3 Å². The van der Waals surface area contributed by atoms with Crippen LogP contribution in [-0.2, 0) is 16.6 Å². The Hall–Kier alpha value is -2.00. The minimum Gasteiger partial charge on any atom is -0.482 e. The fourth-order valence-corrected chi connectivity index (χ4v) is 2.02. The molecule has 0 unspecified atom stereocenters. The molecule has 1 aromatic rings. The molecule has 0 radical (unpaired) electrons. The number of aromatic nitrogens is 2. The first kappa shape index (κ1) is 13.0. The molecule has 3 rings (SSSR count). The number of ether oxygens (including phenoxy) is 2. The van der Waals surface area contributed by atoms with Crippen molar-refractivity contribution in [3.8, 4) is 17.6 Å². The largest absolute Gasteiger partial charge is 0.482 e. The van der Waals surface area contributed by atoms with Crippen molar-refractivity contribution in [3.05, 3.63) is 12.4 Å². The normalized spacial score (nSPS) is 24.9. The lowest BCUT2D eigenvalue weighted by molar-refractivity contribution is -0.116. The van der Waals surface area contributed by atoms with Crippen LogP contribution in [0.15, 0.2) is 12.4 Å². The minimum absolute atomic E-state index is 0.170.